The molecule has 0 radical (unpaired) electrons. The van der Waals surface area contributed by atoms with Crippen LogP contribution in [0.5, 0.6) is 0 Å². The molecular weight excluding hydrogens is 270 g/mol. The van der Waals surface area contributed by atoms with Gasteiger partial charge in [-0.05, 0) is 12.8 Å². The second-order valence-corrected chi connectivity index (χ2v) is 5.00. The molecule has 0 saturated carbocycles. The predicted molar refractivity (Wildman–Crippen MR) is 86.6 cm³/mol. The lowest BCUT2D eigenvalue weighted by molar-refractivity contribution is -0.121. The molecule has 0 saturated heterocycles. The van der Waals surface area contributed by atoms with Crippen molar-refractivity contribution in [2.24, 2.45) is 0 Å². The Hall–Kier alpha value is -0.650. The normalized spacial score (nSPS) is 10.8. The highest BCUT2D eigenvalue weighted by molar-refractivity contribution is 5.75. The second-order valence-electron chi connectivity index (χ2n) is 5.00. The molecule has 0 aromatic carbocycles. The molecule has 21 heavy (non-hydrogen) atoms. The molecule has 5 heteroatoms. The van der Waals surface area contributed by atoms with Crippen LogP contribution in [0.4, 0.5) is 0 Å². The highest BCUT2D eigenvalue weighted by atomic mass is 16.5. The van der Waals surface area contributed by atoms with Gasteiger partial charge >= 0.3 is 0 Å². The van der Waals surface area contributed by atoms with Crippen LogP contribution in [0, 0.1) is 0 Å². The third-order valence-corrected chi connectivity index (χ3v) is 2.96. The van der Waals surface area contributed by atoms with Crippen LogP contribution in [0.3, 0.4) is 0 Å². The van der Waals surface area contributed by atoms with E-state index in [1.165, 1.54) is 0 Å². The molecule has 1 amide bonds. The number of hydrogen-bond acceptors (Lipinski definition) is 4. The Labute approximate surface area is 131 Å². The SMILES string of the molecule is CCCCCC(=O)NCCOCCOCCOCCCC.[HH]. The zero-order valence-electron chi connectivity index (χ0n) is 13.8. The van der Waals surface area contributed by atoms with Gasteiger partial charge in [-0.25, -0.2) is 0 Å². The molecule has 1 N–H and O–H groups in total. The molecule has 0 aliphatic carbocycles. The van der Waals surface area contributed by atoms with E-state index in [0.29, 0.717) is 46.0 Å². The van der Waals surface area contributed by atoms with Gasteiger partial charge in [-0.15, -0.1) is 0 Å². The van der Waals surface area contributed by atoms with Crippen molar-refractivity contribution in [2.75, 3.05) is 46.2 Å². The summed E-state index contributed by atoms with van der Waals surface area (Å²) in [5, 5.41) is 2.85. The van der Waals surface area contributed by atoms with E-state index in [0.717, 1.165) is 38.7 Å². The van der Waals surface area contributed by atoms with Gasteiger partial charge in [0.25, 0.3) is 0 Å². The first-order chi connectivity index (χ1) is 10.3. The summed E-state index contributed by atoms with van der Waals surface area (Å²) in [6.45, 7) is 8.59. The van der Waals surface area contributed by atoms with Gasteiger partial charge in [0.2, 0.25) is 5.91 Å². The van der Waals surface area contributed by atoms with Gasteiger partial charge < -0.3 is 19.5 Å². The van der Waals surface area contributed by atoms with Crippen molar-refractivity contribution in [3.63, 3.8) is 0 Å². The Morgan fingerprint density at radius 1 is 0.810 bits per heavy atom. The van der Waals surface area contributed by atoms with Crippen molar-refractivity contribution in [2.45, 2.75) is 52.4 Å². The van der Waals surface area contributed by atoms with E-state index < -0.39 is 0 Å². The van der Waals surface area contributed by atoms with Crippen LogP contribution in [-0.2, 0) is 19.0 Å². The number of amides is 1. The van der Waals surface area contributed by atoms with Gasteiger partial charge in [-0.2, -0.15) is 0 Å². The number of nitrogens with one attached hydrogen (secondary N) is 1. The summed E-state index contributed by atoms with van der Waals surface area (Å²) in [5.74, 6) is 0.118. The van der Waals surface area contributed by atoms with Gasteiger partial charge in [0, 0.05) is 21.0 Å². The standard InChI is InChI=1S/C16H33NO4.H2/c1-3-5-7-8-16(18)17-9-11-20-13-15-21-14-12-19-10-6-4-2;/h3-15H2,1-2H3,(H,17,18);1H. The van der Waals surface area contributed by atoms with Crippen LogP contribution >= 0.6 is 0 Å². The molecule has 128 valence electrons. The molecule has 0 aromatic rings. The van der Waals surface area contributed by atoms with E-state index in [-0.39, 0.29) is 7.33 Å². The summed E-state index contributed by atoms with van der Waals surface area (Å²) in [7, 11) is 0. The zero-order valence-corrected chi connectivity index (χ0v) is 13.8. The largest absolute Gasteiger partial charge is 0.379 e. The van der Waals surface area contributed by atoms with Crippen molar-refractivity contribution in [1.82, 2.24) is 5.32 Å². The van der Waals surface area contributed by atoms with E-state index in [1.54, 1.807) is 0 Å². The maximum absolute atomic E-state index is 11.4. The van der Waals surface area contributed by atoms with Crippen LogP contribution in [0.15, 0.2) is 0 Å². The number of rotatable bonds is 16. The number of ether oxygens (including phenoxy) is 3. The maximum Gasteiger partial charge on any atom is 0.220 e. The molecule has 0 rings (SSSR count). The van der Waals surface area contributed by atoms with E-state index in [2.05, 4.69) is 19.2 Å². The minimum Gasteiger partial charge on any atom is -0.379 e. The lowest BCUT2D eigenvalue weighted by Crippen LogP contribution is -2.27. The van der Waals surface area contributed by atoms with Crippen LogP contribution in [-0.4, -0.2) is 52.1 Å². The van der Waals surface area contributed by atoms with E-state index >= 15 is 0 Å². The zero-order chi connectivity index (χ0) is 15.6. The Morgan fingerprint density at radius 2 is 1.38 bits per heavy atom. The van der Waals surface area contributed by atoms with Crippen LogP contribution in [0.1, 0.15) is 53.8 Å². The molecule has 0 unspecified atom stereocenters. The van der Waals surface area contributed by atoms with Crippen LogP contribution < -0.4 is 5.32 Å². The van der Waals surface area contributed by atoms with E-state index in [4.69, 9.17) is 14.2 Å². The van der Waals surface area contributed by atoms with Crippen molar-refractivity contribution >= 4 is 5.91 Å². The van der Waals surface area contributed by atoms with E-state index in [1.807, 2.05) is 0 Å². The van der Waals surface area contributed by atoms with Gasteiger partial charge in [0.15, 0.2) is 0 Å². The third kappa shape index (κ3) is 17.3. The predicted octanol–water partition coefficient (Wildman–Crippen LogP) is 2.78. The van der Waals surface area contributed by atoms with Gasteiger partial charge in [0.1, 0.15) is 0 Å². The molecule has 0 heterocycles. The van der Waals surface area contributed by atoms with Crippen molar-refractivity contribution in [3.05, 3.63) is 0 Å². The molecule has 0 spiro atoms. The minimum absolute atomic E-state index is 0. The number of unbranched alkanes of at least 4 members (excludes halogenated alkanes) is 3. The highest BCUT2D eigenvalue weighted by Gasteiger charge is 1.99. The maximum atomic E-state index is 11.4. The first kappa shape index (κ1) is 20.3. The Morgan fingerprint density at radius 3 is 2.00 bits per heavy atom. The van der Waals surface area contributed by atoms with Crippen LogP contribution in [0.25, 0.3) is 0 Å². The quantitative estimate of drug-likeness (QED) is 0.446. The monoisotopic (exact) mass is 305 g/mol. The topological polar surface area (TPSA) is 56.8 Å². The summed E-state index contributed by atoms with van der Waals surface area (Å²) >= 11 is 0. The Kier molecular flexibility index (Phi) is 16.9. The van der Waals surface area contributed by atoms with Crippen LogP contribution in [0.2, 0.25) is 0 Å². The van der Waals surface area contributed by atoms with Gasteiger partial charge in [-0.1, -0.05) is 33.1 Å². The van der Waals surface area contributed by atoms with Gasteiger partial charge in [0.05, 0.1) is 33.0 Å². The summed E-state index contributed by atoms with van der Waals surface area (Å²) in [6, 6.07) is 0. The number of carbonyl (C=O) groups is 1. The smallest absolute Gasteiger partial charge is 0.220 e. The minimum atomic E-state index is 0. The molecule has 0 aromatic heterocycles. The van der Waals surface area contributed by atoms with Gasteiger partial charge in [-0.3, -0.25) is 4.79 Å². The van der Waals surface area contributed by atoms with E-state index in [9.17, 15) is 4.79 Å². The average Bonchev–Trinajstić information content (AvgIpc) is 2.48. The summed E-state index contributed by atoms with van der Waals surface area (Å²) in [5.41, 5.74) is 0. The van der Waals surface area contributed by atoms with Crippen molar-refractivity contribution in [3.8, 4) is 0 Å². The second kappa shape index (κ2) is 17.4. The number of hydrogen-bond donors (Lipinski definition) is 1. The Balaban J connectivity index is 0. The molecule has 0 aliphatic rings. The molecule has 0 fully saturated rings. The Bertz CT molecular complexity index is 230. The fourth-order valence-corrected chi connectivity index (χ4v) is 1.67. The fraction of sp³-hybridized carbons (Fsp3) is 0.938. The molecule has 0 atom stereocenters. The first-order valence-electron chi connectivity index (χ1n) is 8.31. The lowest BCUT2D eigenvalue weighted by atomic mass is 10.2. The van der Waals surface area contributed by atoms with Crippen molar-refractivity contribution < 1.29 is 20.4 Å². The summed E-state index contributed by atoms with van der Waals surface area (Å²) in [6.07, 6.45) is 6.10. The molecule has 5 nitrogen and oxygen atoms in total. The lowest BCUT2D eigenvalue weighted by Gasteiger charge is -2.07. The first-order valence-corrected chi connectivity index (χ1v) is 8.31. The molecule has 0 aliphatic heterocycles. The summed E-state index contributed by atoms with van der Waals surface area (Å²) in [4.78, 5) is 11.4. The number of carbonyl (C=O) groups excluding carboxylic acids is 1. The highest BCUT2D eigenvalue weighted by Crippen LogP contribution is 1.97. The average molecular weight is 305 g/mol. The molecular formula is C16H35NO4. The van der Waals surface area contributed by atoms with Crippen molar-refractivity contribution in [1.29, 1.82) is 0 Å². The summed E-state index contributed by atoms with van der Waals surface area (Å²) < 4.78 is 16.1. The fourth-order valence-electron chi connectivity index (χ4n) is 1.67. The third-order valence-electron chi connectivity index (χ3n) is 2.96. The molecule has 0 bridgehead atoms.